The van der Waals surface area contributed by atoms with Crippen LogP contribution in [0.2, 0.25) is 5.02 Å². The van der Waals surface area contributed by atoms with Crippen LogP contribution in [0.15, 0.2) is 48.5 Å². The zero-order valence-electron chi connectivity index (χ0n) is 14.9. The summed E-state index contributed by atoms with van der Waals surface area (Å²) in [5.74, 6) is 0.318. The van der Waals surface area contributed by atoms with Crippen LogP contribution >= 0.6 is 23.4 Å². The van der Waals surface area contributed by atoms with E-state index in [9.17, 15) is 14.4 Å². The number of ketones is 1. The van der Waals surface area contributed by atoms with E-state index in [0.29, 0.717) is 22.1 Å². The maximum Gasteiger partial charge on any atom is 0.319 e. The van der Waals surface area contributed by atoms with Crippen LogP contribution in [-0.2, 0) is 14.3 Å². The molecule has 0 saturated heterocycles. The molecule has 1 atom stereocenters. The van der Waals surface area contributed by atoms with E-state index < -0.39 is 11.2 Å². The summed E-state index contributed by atoms with van der Waals surface area (Å²) in [6, 6.07) is 13.5. The van der Waals surface area contributed by atoms with E-state index in [4.69, 9.17) is 21.1 Å². The van der Waals surface area contributed by atoms with Gasteiger partial charge in [-0.15, -0.1) is 0 Å². The van der Waals surface area contributed by atoms with E-state index in [1.807, 2.05) is 0 Å². The minimum Gasteiger partial charge on any atom is -0.465 e. The van der Waals surface area contributed by atoms with Crippen LogP contribution in [0.1, 0.15) is 30.6 Å². The molecule has 0 spiro atoms. The topological polar surface area (TPSA) is 69.7 Å². The summed E-state index contributed by atoms with van der Waals surface area (Å²) in [6.07, 6.45) is -0.114. The fourth-order valence-corrected chi connectivity index (χ4v) is 3.25. The molecule has 0 heterocycles. The molecule has 7 heteroatoms. The highest BCUT2D eigenvalue weighted by Gasteiger charge is 2.26. The minimum absolute atomic E-state index is 0.114. The predicted molar refractivity (Wildman–Crippen MR) is 106 cm³/mol. The number of Topliss-reactive ketones (excluding diaryl/α,β-unsaturated/α-hetero) is 1. The lowest BCUT2D eigenvalue weighted by Crippen LogP contribution is -2.24. The quantitative estimate of drug-likeness (QED) is 0.458. The van der Waals surface area contributed by atoms with Gasteiger partial charge >= 0.3 is 5.97 Å². The number of carbonyl (C=O) groups excluding carboxylic acids is 3. The first kappa shape index (κ1) is 21.0. The molecule has 0 amide bonds. The molecule has 0 aromatic heterocycles. The summed E-state index contributed by atoms with van der Waals surface area (Å²) >= 11 is 6.73. The Morgan fingerprint density at radius 3 is 2.37 bits per heavy atom. The Morgan fingerprint density at radius 2 is 1.78 bits per heavy atom. The van der Waals surface area contributed by atoms with Gasteiger partial charge in [0.1, 0.15) is 16.7 Å². The maximum atomic E-state index is 12.5. The van der Waals surface area contributed by atoms with E-state index in [0.717, 1.165) is 11.8 Å². The fourth-order valence-electron chi connectivity index (χ4n) is 2.27. The summed E-state index contributed by atoms with van der Waals surface area (Å²) < 4.78 is 10.6. The first-order valence-corrected chi connectivity index (χ1v) is 9.55. The number of hydrogen-bond donors (Lipinski definition) is 0. The van der Waals surface area contributed by atoms with Crippen molar-refractivity contribution in [3.63, 3.8) is 0 Å². The summed E-state index contributed by atoms with van der Waals surface area (Å²) in [5.41, 5.74) is 0.423. The molecule has 0 radical (unpaired) electrons. The SMILES string of the molecule is CCOC(=O)C(CC(=O)c1ccc(Oc2cccc(Cl)c2)cc1)SC(C)=O. The summed E-state index contributed by atoms with van der Waals surface area (Å²) in [6.45, 7) is 3.22. The second-order valence-electron chi connectivity index (χ2n) is 5.56. The largest absolute Gasteiger partial charge is 0.465 e. The molecule has 2 aromatic rings. The Bertz CT molecular complexity index is 819. The van der Waals surface area contributed by atoms with Crippen LogP contribution in [0.3, 0.4) is 0 Å². The highest BCUT2D eigenvalue weighted by atomic mass is 35.5. The number of hydrogen-bond acceptors (Lipinski definition) is 6. The van der Waals surface area contributed by atoms with Gasteiger partial charge in [0.05, 0.1) is 6.61 Å². The molecule has 27 heavy (non-hydrogen) atoms. The van der Waals surface area contributed by atoms with Crippen molar-refractivity contribution in [2.24, 2.45) is 0 Å². The molecule has 1 unspecified atom stereocenters. The van der Waals surface area contributed by atoms with Gasteiger partial charge in [0.2, 0.25) is 0 Å². The minimum atomic E-state index is -0.850. The maximum absolute atomic E-state index is 12.5. The molecule has 0 N–H and O–H groups in total. The molecular formula is C20H19ClO5S. The third-order valence-corrected chi connectivity index (χ3v) is 4.65. The Morgan fingerprint density at radius 1 is 1.07 bits per heavy atom. The third-order valence-electron chi connectivity index (χ3n) is 3.44. The first-order valence-electron chi connectivity index (χ1n) is 8.29. The number of ether oxygens (including phenoxy) is 2. The zero-order valence-corrected chi connectivity index (χ0v) is 16.5. The van der Waals surface area contributed by atoms with Gasteiger partial charge in [0.15, 0.2) is 10.9 Å². The number of benzene rings is 2. The second-order valence-corrected chi connectivity index (χ2v) is 7.38. The number of carbonyl (C=O) groups is 3. The number of rotatable bonds is 8. The van der Waals surface area contributed by atoms with Crippen molar-refractivity contribution in [1.29, 1.82) is 0 Å². The normalized spacial score (nSPS) is 11.5. The lowest BCUT2D eigenvalue weighted by molar-refractivity contribution is -0.142. The van der Waals surface area contributed by atoms with Crippen LogP contribution in [0.5, 0.6) is 11.5 Å². The second kappa shape index (κ2) is 10.1. The van der Waals surface area contributed by atoms with Gasteiger partial charge in [-0.3, -0.25) is 14.4 Å². The van der Waals surface area contributed by atoms with Crippen molar-refractivity contribution >= 4 is 40.2 Å². The highest BCUT2D eigenvalue weighted by Crippen LogP contribution is 2.25. The lowest BCUT2D eigenvalue weighted by atomic mass is 10.1. The van der Waals surface area contributed by atoms with Crippen molar-refractivity contribution in [3.05, 3.63) is 59.1 Å². The summed E-state index contributed by atoms with van der Waals surface area (Å²) in [5, 5.41) is -0.532. The van der Waals surface area contributed by atoms with Gasteiger partial charge in [0, 0.05) is 23.9 Å². The Labute approximate surface area is 167 Å². The Hall–Kier alpha value is -2.31. The highest BCUT2D eigenvalue weighted by molar-refractivity contribution is 8.14. The summed E-state index contributed by atoms with van der Waals surface area (Å²) in [4.78, 5) is 35.8. The van der Waals surface area contributed by atoms with E-state index >= 15 is 0 Å². The molecule has 0 aliphatic carbocycles. The number of thioether (sulfide) groups is 1. The van der Waals surface area contributed by atoms with Crippen LogP contribution in [0, 0.1) is 0 Å². The standard InChI is InChI=1S/C20H19ClO5S/c1-3-25-20(24)19(27-13(2)22)12-18(23)14-7-9-16(10-8-14)26-17-6-4-5-15(21)11-17/h4-11,19H,3,12H2,1-2H3. The smallest absolute Gasteiger partial charge is 0.319 e. The van der Waals surface area contributed by atoms with Gasteiger partial charge < -0.3 is 9.47 Å². The molecule has 2 rings (SSSR count). The first-order chi connectivity index (χ1) is 12.9. The predicted octanol–water partition coefficient (Wildman–Crippen LogP) is 4.92. The van der Waals surface area contributed by atoms with Gasteiger partial charge in [-0.25, -0.2) is 0 Å². The van der Waals surface area contributed by atoms with Crippen molar-refractivity contribution < 1.29 is 23.9 Å². The molecule has 5 nitrogen and oxygen atoms in total. The Kier molecular flexibility index (Phi) is 7.88. The van der Waals surface area contributed by atoms with Gasteiger partial charge in [-0.2, -0.15) is 0 Å². The lowest BCUT2D eigenvalue weighted by Gasteiger charge is -2.13. The Balaban J connectivity index is 2.04. The summed E-state index contributed by atoms with van der Waals surface area (Å²) in [7, 11) is 0. The number of halogens is 1. The molecule has 0 aliphatic heterocycles. The third kappa shape index (κ3) is 6.73. The van der Waals surface area contributed by atoms with Gasteiger partial charge in [-0.1, -0.05) is 29.4 Å². The molecule has 0 fully saturated rings. The van der Waals surface area contributed by atoms with Crippen LogP contribution in [0.4, 0.5) is 0 Å². The van der Waals surface area contributed by atoms with E-state index in [2.05, 4.69) is 0 Å². The molecule has 2 aromatic carbocycles. The monoisotopic (exact) mass is 406 g/mol. The molecule has 0 bridgehead atoms. The van der Waals surface area contributed by atoms with Gasteiger partial charge in [-0.05, 0) is 49.4 Å². The van der Waals surface area contributed by atoms with Crippen molar-refractivity contribution in [3.8, 4) is 11.5 Å². The average Bonchev–Trinajstić information content (AvgIpc) is 2.61. The van der Waals surface area contributed by atoms with Gasteiger partial charge in [0.25, 0.3) is 0 Å². The molecule has 142 valence electrons. The van der Waals surface area contributed by atoms with Crippen LogP contribution in [0.25, 0.3) is 0 Å². The number of esters is 1. The zero-order chi connectivity index (χ0) is 19.8. The van der Waals surface area contributed by atoms with E-state index in [1.165, 1.54) is 6.92 Å². The van der Waals surface area contributed by atoms with Crippen molar-refractivity contribution in [2.75, 3.05) is 6.61 Å². The average molecular weight is 407 g/mol. The molecule has 0 saturated carbocycles. The molecule has 0 aliphatic rings. The van der Waals surface area contributed by atoms with Crippen molar-refractivity contribution in [2.45, 2.75) is 25.5 Å². The van der Waals surface area contributed by atoms with Crippen molar-refractivity contribution in [1.82, 2.24) is 0 Å². The van der Waals surface area contributed by atoms with E-state index in [1.54, 1.807) is 55.5 Å². The molecular weight excluding hydrogens is 388 g/mol. The van der Waals surface area contributed by atoms with Crippen LogP contribution < -0.4 is 4.74 Å². The van der Waals surface area contributed by atoms with E-state index in [-0.39, 0.29) is 23.9 Å². The van der Waals surface area contributed by atoms with Crippen LogP contribution in [-0.4, -0.2) is 28.7 Å². The fraction of sp³-hybridized carbons (Fsp3) is 0.250.